The summed E-state index contributed by atoms with van der Waals surface area (Å²) in [4.78, 5) is 14.8. The first-order valence-corrected chi connectivity index (χ1v) is 9.37. The van der Waals surface area contributed by atoms with Gasteiger partial charge in [-0.25, -0.2) is 0 Å². The van der Waals surface area contributed by atoms with Gasteiger partial charge in [-0.2, -0.15) is 0 Å². The fraction of sp³-hybridized carbons (Fsp3) is 0.304. The fourth-order valence-corrected chi connectivity index (χ4v) is 3.08. The van der Waals surface area contributed by atoms with Gasteiger partial charge in [0.2, 0.25) is 0 Å². The van der Waals surface area contributed by atoms with Crippen molar-refractivity contribution < 1.29 is 14.1 Å². The standard InChI is InChI=1S/C23H26N2O3/c1-15(2)25(23(26)18-8-10-20(27-5)11-9-18)14-19-13-22(28-24-19)21-12-16(3)6-7-17(21)4/h6-13,15H,14H2,1-5H3. The highest BCUT2D eigenvalue weighted by Gasteiger charge is 2.21. The number of ether oxygens (including phenoxy) is 1. The van der Waals surface area contributed by atoms with E-state index in [0.29, 0.717) is 12.1 Å². The molecule has 0 spiro atoms. The predicted molar refractivity (Wildman–Crippen MR) is 109 cm³/mol. The Morgan fingerprint density at radius 3 is 2.46 bits per heavy atom. The third-order valence-electron chi connectivity index (χ3n) is 4.77. The molecule has 0 fully saturated rings. The van der Waals surface area contributed by atoms with E-state index in [1.807, 2.05) is 33.8 Å². The van der Waals surface area contributed by atoms with Gasteiger partial charge in [0.25, 0.3) is 5.91 Å². The van der Waals surface area contributed by atoms with Gasteiger partial charge >= 0.3 is 0 Å². The lowest BCUT2D eigenvalue weighted by atomic mass is 10.0. The minimum absolute atomic E-state index is 0.0236. The molecule has 0 bridgehead atoms. The molecule has 28 heavy (non-hydrogen) atoms. The molecule has 5 heteroatoms. The maximum atomic E-state index is 13.0. The molecule has 1 heterocycles. The molecule has 0 N–H and O–H groups in total. The van der Waals surface area contributed by atoms with Gasteiger partial charge in [-0.1, -0.05) is 22.9 Å². The topological polar surface area (TPSA) is 55.6 Å². The van der Waals surface area contributed by atoms with Crippen LogP contribution in [0.2, 0.25) is 0 Å². The molecule has 146 valence electrons. The number of carbonyl (C=O) groups excluding carboxylic acids is 1. The zero-order valence-corrected chi connectivity index (χ0v) is 17.0. The van der Waals surface area contributed by atoms with Crippen molar-refractivity contribution in [3.05, 3.63) is 70.9 Å². The lowest BCUT2D eigenvalue weighted by molar-refractivity contribution is 0.0686. The highest BCUT2D eigenvalue weighted by molar-refractivity contribution is 5.94. The molecule has 1 amide bonds. The second-order valence-electron chi connectivity index (χ2n) is 7.26. The Bertz CT molecular complexity index is 958. The molecule has 2 aromatic carbocycles. The van der Waals surface area contributed by atoms with E-state index in [1.54, 1.807) is 36.3 Å². The van der Waals surface area contributed by atoms with Crippen LogP contribution >= 0.6 is 0 Å². The van der Waals surface area contributed by atoms with Crippen LogP contribution in [0.4, 0.5) is 0 Å². The van der Waals surface area contributed by atoms with Gasteiger partial charge in [0.1, 0.15) is 11.4 Å². The molecule has 0 saturated carbocycles. The lowest BCUT2D eigenvalue weighted by Gasteiger charge is -2.26. The van der Waals surface area contributed by atoms with Crippen LogP contribution in [0.3, 0.4) is 0 Å². The predicted octanol–water partition coefficient (Wildman–Crippen LogP) is 5.02. The van der Waals surface area contributed by atoms with Crippen LogP contribution in [0.1, 0.15) is 41.0 Å². The van der Waals surface area contributed by atoms with Crippen molar-refractivity contribution >= 4 is 5.91 Å². The Balaban J connectivity index is 1.82. The largest absolute Gasteiger partial charge is 0.497 e. The number of aryl methyl sites for hydroxylation is 2. The van der Waals surface area contributed by atoms with E-state index in [-0.39, 0.29) is 11.9 Å². The van der Waals surface area contributed by atoms with E-state index in [2.05, 4.69) is 23.4 Å². The minimum atomic E-state index is -0.0473. The summed E-state index contributed by atoms with van der Waals surface area (Å²) in [5.41, 5.74) is 4.66. The van der Waals surface area contributed by atoms with Crippen molar-refractivity contribution in [2.75, 3.05) is 7.11 Å². The van der Waals surface area contributed by atoms with Crippen LogP contribution in [0.25, 0.3) is 11.3 Å². The number of hydrogen-bond acceptors (Lipinski definition) is 4. The molecule has 5 nitrogen and oxygen atoms in total. The second kappa shape index (κ2) is 8.30. The van der Waals surface area contributed by atoms with Crippen molar-refractivity contribution in [1.82, 2.24) is 10.1 Å². The third-order valence-corrected chi connectivity index (χ3v) is 4.77. The highest BCUT2D eigenvalue weighted by Crippen LogP contribution is 2.26. The van der Waals surface area contributed by atoms with Crippen LogP contribution in [0.15, 0.2) is 53.1 Å². The summed E-state index contributed by atoms with van der Waals surface area (Å²) in [5, 5.41) is 4.20. The number of carbonyl (C=O) groups is 1. The average molecular weight is 378 g/mol. The summed E-state index contributed by atoms with van der Waals surface area (Å²) in [6.07, 6.45) is 0. The monoisotopic (exact) mass is 378 g/mol. The van der Waals surface area contributed by atoms with E-state index in [1.165, 1.54) is 0 Å². The number of hydrogen-bond donors (Lipinski definition) is 0. The van der Waals surface area contributed by atoms with E-state index >= 15 is 0 Å². The number of rotatable bonds is 6. The summed E-state index contributed by atoms with van der Waals surface area (Å²) in [6.45, 7) is 8.47. The van der Waals surface area contributed by atoms with Gasteiger partial charge < -0.3 is 14.2 Å². The first-order valence-electron chi connectivity index (χ1n) is 9.37. The van der Waals surface area contributed by atoms with Crippen molar-refractivity contribution in [1.29, 1.82) is 0 Å². The van der Waals surface area contributed by atoms with E-state index in [9.17, 15) is 4.79 Å². The SMILES string of the molecule is COc1ccc(C(=O)N(Cc2cc(-c3cc(C)ccc3C)on2)C(C)C)cc1. The van der Waals surface area contributed by atoms with E-state index < -0.39 is 0 Å². The van der Waals surface area contributed by atoms with Crippen LogP contribution in [0, 0.1) is 13.8 Å². The Hall–Kier alpha value is -3.08. The van der Waals surface area contributed by atoms with Gasteiger partial charge in [-0.05, 0) is 63.6 Å². The molecule has 0 aliphatic rings. The molecular weight excluding hydrogens is 352 g/mol. The summed E-state index contributed by atoms with van der Waals surface area (Å²) >= 11 is 0. The Morgan fingerprint density at radius 1 is 1.11 bits per heavy atom. The molecule has 3 rings (SSSR count). The van der Waals surface area contributed by atoms with Crippen molar-refractivity contribution in [3.8, 4) is 17.1 Å². The van der Waals surface area contributed by atoms with Gasteiger partial charge in [0.05, 0.1) is 13.7 Å². The van der Waals surface area contributed by atoms with Crippen LogP contribution in [0.5, 0.6) is 5.75 Å². The average Bonchev–Trinajstić information content (AvgIpc) is 3.16. The summed E-state index contributed by atoms with van der Waals surface area (Å²) < 4.78 is 10.7. The summed E-state index contributed by atoms with van der Waals surface area (Å²) in [5.74, 6) is 1.40. The second-order valence-corrected chi connectivity index (χ2v) is 7.26. The van der Waals surface area contributed by atoms with Gasteiger partial charge in [0, 0.05) is 23.2 Å². The van der Waals surface area contributed by atoms with Crippen molar-refractivity contribution in [3.63, 3.8) is 0 Å². The maximum absolute atomic E-state index is 13.0. The number of nitrogens with zero attached hydrogens (tertiary/aromatic N) is 2. The van der Waals surface area contributed by atoms with E-state index in [0.717, 1.165) is 33.9 Å². The molecule has 3 aromatic rings. The lowest BCUT2D eigenvalue weighted by Crippen LogP contribution is -2.36. The van der Waals surface area contributed by atoms with Gasteiger partial charge in [-0.3, -0.25) is 4.79 Å². The normalized spacial score (nSPS) is 10.9. The molecule has 0 unspecified atom stereocenters. The van der Waals surface area contributed by atoms with Crippen LogP contribution in [-0.4, -0.2) is 29.1 Å². The quantitative estimate of drug-likeness (QED) is 0.604. The fourth-order valence-electron chi connectivity index (χ4n) is 3.08. The highest BCUT2D eigenvalue weighted by atomic mass is 16.5. The Morgan fingerprint density at radius 2 is 1.82 bits per heavy atom. The Kier molecular flexibility index (Phi) is 5.83. The van der Waals surface area contributed by atoms with Crippen LogP contribution < -0.4 is 4.74 Å². The minimum Gasteiger partial charge on any atom is -0.497 e. The van der Waals surface area contributed by atoms with Crippen molar-refractivity contribution in [2.24, 2.45) is 0 Å². The smallest absolute Gasteiger partial charge is 0.254 e. The number of aromatic nitrogens is 1. The molecule has 0 radical (unpaired) electrons. The zero-order chi connectivity index (χ0) is 20.3. The molecule has 0 saturated heterocycles. The molecule has 1 aromatic heterocycles. The Labute approximate surface area is 165 Å². The third kappa shape index (κ3) is 4.25. The first kappa shape index (κ1) is 19.7. The summed E-state index contributed by atoms with van der Waals surface area (Å²) in [7, 11) is 1.61. The van der Waals surface area contributed by atoms with Crippen LogP contribution in [-0.2, 0) is 6.54 Å². The summed E-state index contributed by atoms with van der Waals surface area (Å²) in [6, 6.07) is 15.3. The molecule has 0 atom stereocenters. The molecule has 0 aliphatic carbocycles. The molecular formula is C23H26N2O3. The number of methoxy groups -OCH3 is 1. The van der Waals surface area contributed by atoms with Gasteiger partial charge in [0.15, 0.2) is 5.76 Å². The maximum Gasteiger partial charge on any atom is 0.254 e. The van der Waals surface area contributed by atoms with Crippen molar-refractivity contribution in [2.45, 2.75) is 40.3 Å². The number of amides is 1. The first-order chi connectivity index (χ1) is 13.4. The van der Waals surface area contributed by atoms with E-state index in [4.69, 9.17) is 9.26 Å². The number of benzene rings is 2. The van der Waals surface area contributed by atoms with Gasteiger partial charge in [-0.15, -0.1) is 0 Å². The molecule has 0 aliphatic heterocycles. The zero-order valence-electron chi connectivity index (χ0n) is 17.0.